The van der Waals surface area contributed by atoms with Gasteiger partial charge in [-0.25, -0.2) is 0 Å². The molecule has 1 aliphatic rings. The molecule has 1 saturated heterocycles. The number of carbonyl (C=O) groups excluding carboxylic acids is 2. The number of hydrogen-bond acceptors (Lipinski definition) is 7. The molecule has 0 unspecified atom stereocenters. The molecule has 9 nitrogen and oxygen atoms in total. The molecule has 0 saturated carbocycles. The van der Waals surface area contributed by atoms with Crippen molar-refractivity contribution in [2.45, 2.75) is 19.6 Å². The fourth-order valence-electron chi connectivity index (χ4n) is 4.45. The van der Waals surface area contributed by atoms with E-state index in [0.29, 0.717) is 35.6 Å². The third-order valence-electron chi connectivity index (χ3n) is 6.43. The van der Waals surface area contributed by atoms with Gasteiger partial charge < -0.3 is 19.6 Å². The first-order valence-electron chi connectivity index (χ1n) is 12.1. The Morgan fingerprint density at radius 1 is 1.05 bits per heavy atom. The topological polar surface area (TPSA) is 113 Å². The summed E-state index contributed by atoms with van der Waals surface area (Å²) in [5, 5.41) is 22.8. The second-order valence-corrected chi connectivity index (χ2v) is 9.40. The smallest absolute Gasteiger partial charge is 0.295 e. The minimum absolute atomic E-state index is 0.102. The Morgan fingerprint density at radius 3 is 2.45 bits per heavy atom. The number of carbonyl (C=O) groups is 2. The Morgan fingerprint density at radius 2 is 1.79 bits per heavy atom. The summed E-state index contributed by atoms with van der Waals surface area (Å²) in [5.74, 6) is -1.34. The van der Waals surface area contributed by atoms with Crippen molar-refractivity contribution in [1.82, 2.24) is 9.80 Å². The van der Waals surface area contributed by atoms with Crippen LogP contribution in [0.4, 0.5) is 5.69 Å². The quantitative estimate of drug-likeness (QED) is 0.147. The predicted molar refractivity (Wildman–Crippen MR) is 143 cm³/mol. The first-order valence-corrected chi connectivity index (χ1v) is 12.1. The summed E-state index contributed by atoms with van der Waals surface area (Å²) >= 11 is 0. The third-order valence-corrected chi connectivity index (χ3v) is 6.43. The molecular formula is C29H29N3O6. The zero-order chi connectivity index (χ0) is 27.4. The normalized spacial score (nSPS) is 16.7. The van der Waals surface area contributed by atoms with Crippen molar-refractivity contribution in [2.75, 3.05) is 27.2 Å². The van der Waals surface area contributed by atoms with E-state index < -0.39 is 22.7 Å². The summed E-state index contributed by atoms with van der Waals surface area (Å²) in [7, 11) is 3.67. The van der Waals surface area contributed by atoms with Crippen molar-refractivity contribution < 1.29 is 24.4 Å². The van der Waals surface area contributed by atoms with Crippen molar-refractivity contribution in [3.63, 3.8) is 0 Å². The molecule has 0 bridgehead atoms. The lowest BCUT2D eigenvalue weighted by atomic mass is 9.93. The number of nitro groups is 1. The van der Waals surface area contributed by atoms with E-state index in [1.807, 2.05) is 49.3 Å². The summed E-state index contributed by atoms with van der Waals surface area (Å²) in [5.41, 5.74) is 2.13. The van der Waals surface area contributed by atoms with Crippen LogP contribution in [0.25, 0.3) is 5.76 Å². The molecule has 3 aromatic rings. The molecule has 0 aromatic heterocycles. The number of ether oxygens (including phenoxy) is 1. The van der Waals surface area contributed by atoms with Crippen molar-refractivity contribution in [3.05, 3.63) is 111 Å². The first-order chi connectivity index (χ1) is 18.2. The molecule has 4 rings (SSSR count). The van der Waals surface area contributed by atoms with Crippen LogP contribution in [0.3, 0.4) is 0 Å². The molecule has 1 heterocycles. The van der Waals surface area contributed by atoms with Gasteiger partial charge in [-0.15, -0.1) is 0 Å². The molecule has 1 atom stereocenters. The van der Waals surface area contributed by atoms with Crippen LogP contribution >= 0.6 is 0 Å². The van der Waals surface area contributed by atoms with Gasteiger partial charge >= 0.3 is 0 Å². The number of Topliss-reactive ketones (excluding diaryl/α,β-unsaturated/α-hetero) is 1. The maximum absolute atomic E-state index is 13.2. The average molecular weight is 516 g/mol. The van der Waals surface area contributed by atoms with E-state index in [4.69, 9.17) is 4.74 Å². The summed E-state index contributed by atoms with van der Waals surface area (Å²) in [6.45, 7) is 2.81. The Balaban J connectivity index is 1.74. The minimum atomic E-state index is -0.969. The van der Waals surface area contributed by atoms with E-state index in [1.54, 1.807) is 31.2 Å². The fraction of sp³-hybridized carbons (Fsp3) is 0.241. The Bertz CT molecular complexity index is 1400. The fourth-order valence-corrected chi connectivity index (χ4v) is 4.45. The lowest BCUT2D eigenvalue weighted by molar-refractivity contribution is -0.384. The van der Waals surface area contributed by atoms with Crippen LogP contribution in [0.2, 0.25) is 0 Å². The molecule has 196 valence electrons. The highest BCUT2D eigenvalue weighted by molar-refractivity contribution is 6.46. The largest absolute Gasteiger partial charge is 0.507 e. The maximum Gasteiger partial charge on any atom is 0.295 e. The van der Waals surface area contributed by atoms with E-state index in [-0.39, 0.29) is 23.6 Å². The van der Waals surface area contributed by atoms with Crippen LogP contribution in [0.15, 0.2) is 78.4 Å². The second kappa shape index (κ2) is 11.3. The van der Waals surface area contributed by atoms with Gasteiger partial charge in [-0.1, -0.05) is 42.5 Å². The average Bonchev–Trinajstić information content (AvgIpc) is 3.16. The lowest BCUT2D eigenvalue weighted by Gasteiger charge is -2.26. The zero-order valence-corrected chi connectivity index (χ0v) is 21.5. The molecule has 0 radical (unpaired) electrons. The SMILES string of the molecule is Cc1cc(OCc2ccccc2)ccc1C(O)=C1C(=O)C(=O)N(CCN(C)C)[C@@H]1c1cccc([N+](=O)[O-])c1. The summed E-state index contributed by atoms with van der Waals surface area (Å²) in [4.78, 5) is 40.4. The Labute approximate surface area is 220 Å². The number of ketones is 1. The Hall–Kier alpha value is -4.50. The van der Waals surface area contributed by atoms with Crippen LogP contribution in [-0.2, 0) is 16.2 Å². The van der Waals surface area contributed by atoms with Crippen molar-refractivity contribution in [2.24, 2.45) is 0 Å². The van der Waals surface area contributed by atoms with Crippen LogP contribution < -0.4 is 4.74 Å². The van der Waals surface area contributed by atoms with Gasteiger partial charge in [0.2, 0.25) is 0 Å². The molecule has 0 spiro atoms. The molecule has 38 heavy (non-hydrogen) atoms. The number of nitro benzene ring substituents is 1. The van der Waals surface area contributed by atoms with Gasteiger partial charge in [-0.2, -0.15) is 0 Å². The van der Waals surface area contributed by atoms with Gasteiger partial charge in [-0.3, -0.25) is 19.7 Å². The number of non-ortho nitro benzene ring substituents is 1. The summed E-state index contributed by atoms with van der Waals surface area (Å²) in [6.07, 6.45) is 0. The monoisotopic (exact) mass is 515 g/mol. The highest BCUT2D eigenvalue weighted by Gasteiger charge is 2.46. The van der Waals surface area contributed by atoms with Gasteiger partial charge in [0.25, 0.3) is 17.4 Å². The number of nitrogens with zero attached hydrogens (tertiary/aromatic N) is 3. The second-order valence-electron chi connectivity index (χ2n) is 9.40. The Kier molecular flexibility index (Phi) is 7.87. The lowest BCUT2D eigenvalue weighted by Crippen LogP contribution is -2.35. The standard InChI is InChI=1S/C29H29N3O6/c1-19-16-23(38-18-20-8-5-4-6-9-20)12-13-24(19)27(33)25-26(21-10-7-11-22(17-21)32(36)37)31(15-14-30(2)3)29(35)28(25)34/h4-13,16-17,26,33H,14-15,18H2,1-3H3/t26-/m1/s1. The van der Waals surface area contributed by atoms with E-state index in [0.717, 1.165) is 5.56 Å². The molecule has 0 aliphatic carbocycles. The predicted octanol–water partition coefficient (Wildman–Crippen LogP) is 4.47. The molecule has 1 aliphatic heterocycles. The molecule has 1 fully saturated rings. The molecule has 1 amide bonds. The summed E-state index contributed by atoms with van der Waals surface area (Å²) < 4.78 is 5.87. The van der Waals surface area contributed by atoms with E-state index in [2.05, 4.69) is 0 Å². The number of hydrogen-bond donors (Lipinski definition) is 1. The number of benzene rings is 3. The molecule has 1 N–H and O–H groups in total. The van der Waals surface area contributed by atoms with Crippen molar-refractivity contribution >= 4 is 23.1 Å². The highest BCUT2D eigenvalue weighted by Crippen LogP contribution is 2.40. The number of amides is 1. The number of likely N-dealkylation sites (N-methyl/N-ethyl adjacent to an activating group) is 1. The number of likely N-dealkylation sites (tertiary alicyclic amines) is 1. The van der Waals surface area contributed by atoms with Gasteiger partial charge in [0, 0.05) is 30.8 Å². The van der Waals surface area contributed by atoms with Gasteiger partial charge in [0.15, 0.2) is 0 Å². The number of aryl methyl sites for hydroxylation is 1. The molecule has 3 aromatic carbocycles. The van der Waals surface area contributed by atoms with Crippen LogP contribution in [0.1, 0.15) is 28.3 Å². The van der Waals surface area contributed by atoms with Gasteiger partial charge in [0.05, 0.1) is 16.5 Å². The van der Waals surface area contributed by atoms with E-state index in [1.165, 1.54) is 23.1 Å². The zero-order valence-electron chi connectivity index (χ0n) is 21.5. The van der Waals surface area contributed by atoms with Crippen molar-refractivity contribution in [3.8, 4) is 5.75 Å². The van der Waals surface area contributed by atoms with E-state index >= 15 is 0 Å². The number of rotatable bonds is 9. The highest BCUT2D eigenvalue weighted by atomic mass is 16.6. The van der Waals surface area contributed by atoms with E-state index in [9.17, 15) is 24.8 Å². The van der Waals surface area contributed by atoms with Crippen LogP contribution in [-0.4, -0.2) is 58.7 Å². The molecular weight excluding hydrogens is 486 g/mol. The number of aliphatic hydroxyl groups excluding tert-OH is 1. The van der Waals surface area contributed by atoms with Crippen LogP contribution in [0, 0.1) is 17.0 Å². The first kappa shape index (κ1) is 26.6. The minimum Gasteiger partial charge on any atom is -0.507 e. The van der Waals surface area contributed by atoms with Crippen LogP contribution in [0.5, 0.6) is 5.75 Å². The van der Waals surface area contributed by atoms with Gasteiger partial charge in [-0.05, 0) is 55.9 Å². The number of aliphatic hydroxyl groups is 1. The molecule has 9 heteroatoms. The third kappa shape index (κ3) is 5.57. The summed E-state index contributed by atoms with van der Waals surface area (Å²) in [6, 6.07) is 19.6. The maximum atomic E-state index is 13.2. The van der Waals surface area contributed by atoms with Gasteiger partial charge in [0.1, 0.15) is 18.1 Å². The van der Waals surface area contributed by atoms with Crippen molar-refractivity contribution in [1.29, 1.82) is 0 Å².